The van der Waals surface area contributed by atoms with Crippen LogP contribution in [0.2, 0.25) is 0 Å². The van der Waals surface area contributed by atoms with Gasteiger partial charge in [-0.15, -0.1) is 12.2 Å². The third kappa shape index (κ3) is 6.85. The van der Waals surface area contributed by atoms with E-state index in [4.69, 9.17) is 6.42 Å². The van der Waals surface area contributed by atoms with Gasteiger partial charge in [-0.05, 0) is 78.4 Å². The highest BCUT2D eigenvalue weighted by atomic mass is 19.3. The van der Waals surface area contributed by atoms with Crippen molar-refractivity contribution >= 4 is 5.57 Å². The molecule has 0 heterocycles. The first-order valence-electron chi connectivity index (χ1n) is 15.0. The average molecular weight is 555 g/mol. The van der Waals surface area contributed by atoms with Gasteiger partial charge in [-0.25, -0.2) is 8.78 Å². The van der Waals surface area contributed by atoms with Gasteiger partial charge >= 0.3 is 0 Å². The van der Waals surface area contributed by atoms with Crippen molar-refractivity contribution in [2.45, 2.75) is 99.3 Å². The number of hydrogen-bond acceptors (Lipinski definition) is 0. The normalized spacial score (nSPS) is 20.8. The zero-order valence-electron chi connectivity index (χ0n) is 26.5. The van der Waals surface area contributed by atoms with E-state index < -0.39 is 5.92 Å². The van der Waals surface area contributed by atoms with Gasteiger partial charge in [-0.2, -0.15) is 0 Å². The summed E-state index contributed by atoms with van der Waals surface area (Å²) >= 11 is 0. The summed E-state index contributed by atoms with van der Waals surface area (Å²) in [6.07, 6.45) is 20.1. The van der Waals surface area contributed by atoms with E-state index in [0.29, 0.717) is 5.92 Å². The zero-order valence-corrected chi connectivity index (χ0v) is 26.5. The second-order valence-corrected chi connectivity index (χ2v) is 13.4. The molecule has 3 rings (SSSR count). The van der Waals surface area contributed by atoms with Crippen LogP contribution in [0.1, 0.15) is 110 Å². The van der Waals surface area contributed by atoms with Gasteiger partial charge in [0, 0.05) is 40.5 Å². The second kappa shape index (κ2) is 12.4. The van der Waals surface area contributed by atoms with E-state index in [9.17, 15) is 8.78 Å². The Balaban J connectivity index is 2.25. The van der Waals surface area contributed by atoms with Crippen LogP contribution in [-0.2, 0) is 5.92 Å². The Labute approximate surface area is 248 Å². The largest absolute Gasteiger partial charge is 0.270 e. The number of rotatable bonds is 8. The molecule has 0 saturated heterocycles. The molecule has 1 fully saturated rings. The Morgan fingerprint density at radius 1 is 1.15 bits per heavy atom. The highest BCUT2D eigenvalue weighted by Crippen LogP contribution is 2.54. The fourth-order valence-electron chi connectivity index (χ4n) is 6.57. The molecule has 2 aliphatic carbocycles. The molecule has 0 bridgehead atoms. The predicted molar refractivity (Wildman–Crippen MR) is 173 cm³/mol. The Hall–Kier alpha value is -3.14. The number of allylic oxidation sites excluding steroid dienone is 10. The molecule has 0 radical (unpaired) electrons. The van der Waals surface area contributed by atoms with Gasteiger partial charge in [-0.1, -0.05) is 103 Å². The van der Waals surface area contributed by atoms with Gasteiger partial charge in [0.05, 0.1) is 0 Å². The van der Waals surface area contributed by atoms with Crippen molar-refractivity contribution in [2.75, 3.05) is 0 Å². The maximum Gasteiger partial charge on any atom is 0.270 e. The van der Waals surface area contributed by atoms with Crippen LogP contribution in [0.25, 0.3) is 5.57 Å². The smallest absolute Gasteiger partial charge is 0.202 e. The van der Waals surface area contributed by atoms with Crippen LogP contribution in [-0.4, -0.2) is 0 Å². The minimum atomic E-state index is -2.96. The number of terminal acetylenes is 1. The summed E-state index contributed by atoms with van der Waals surface area (Å²) in [5.41, 5.74) is 10.9. The molecule has 0 amide bonds. The van der Waals surface area contributed by atoms with Gasteiger partial charge in [0.1, 0.15) is 0 Å². The Bertz CT molecular complexity index is 1390. The van der Waals surface area contributed by atoms with E-state index in [0.717, 1.165) is 70.8 Å². The third-order valence-electron chi connectivity index (χ3n) is 8.81. The third-order valence-corrected chi connectivity index (χ3v) is 8.81. The summed E-state index contributed by atoms with van der Waals surface area (Å²) in [7, 11) is 0. The number of halogens is 2. The summed E-state index contributed by atoms with van der Waals surface area (Å²) in [6, 6.07) is 5.04. The van der Waals surface area contributed by atoms with Crippen LogP contribution in [0.4, 0.5) is 8.78 Å². The summed E-state index contributed by atoms with van der Waals surface area (Å²) < 4.78 is 29.2. The van der Waals surface area contributed by atoms with Crippen LogP contribution in [0.3, 0.4) is 0 Å². The first-order chi connectivity index (χ1) is 19.1. The number of hydrogen-bond donors (Lipinski definition) is 0. The van der Waals surface area contributed by atoms with Gasteiger partial charge in [-0.3, -0.25) is 0 Å². The molecule has 1 saturated carbocycles. The number of alkyl halides is 2. The lowest BCUT2D eigenvalue weighted by molar-refractivity contribution is 0.0174. The lowest BCUT2D eigenvalue weighted by Crippen LogP contribution is -2.23. The SMILES string of the molecule is C#C/C(=C1\C(=C=C)C(c2ccc(C(C)(F)F)cc2C(/C=C\C(=C)C(C)(C)C)=C/C)C=C1C)C1(CC(C)C)CCCC1. The lowest BCUT2D eigenvalue weighted by atomic mass is 9.69. The summed E-state index contributed by atoms with van der Waals surface area (Å²) in [4.78, 5) is 0. The van der Waals surface area contributed by atoms with Crippen LogP contribution in [0.15, 0.2) is 89.3 Å². The summed E-state index contributed by atoms with van der Waals surface area (Å²) in [6.45, 7) is 24.2. The Morgan fingerprint density at radius 2 is 1.78 bits per heavy atom. The van der Waals surface area contributed by atoms with Crippen LogP contribution < -0.4 is 0 Å². The molecule has 0 nitrogen and oxygen atoms in total. The molecular weight excluding hydrogens is 506 g/mol. The quantitative estimate of drug-likeness (QED) is 0.170. The van der Waals surface area contributed by atoms with Crippen molar-refractivity contribution in [1.29, 1.82) is 0 Å². The molecule has 1 aromatic carbocycles. The van der Waals surface area contributed by atoms with Crippen molar-refractivity contribution in [1.82, 2.24) is 0 Å². The summed E-state index contributed by atoms with van der Waals surface area (Å²) in [5.74, 6) is 0.517. The van der Waals surface area contributed by atoms with E-state index in [1.807, 2.05) is 31.2 Å². The monoisotopic (exact) mass is 554 g/mol. The maximum atomic E-state index is 14.6. The van der Waals surface area contributed by atoms with Gasteiger partial charge in [0.15, 0.2) is 0 Å². The maximum absolute atomic E-state index is 14.6. The average Bonchev–Trinajstić information content (AvgIpc) is 3.47. The molecule has 1 atom stereocenters. The predicted octanol–water partition coefficient (Wildman–Crippen LogP) is 11.7. The van der Waals surface area contributed by atoms with E-state index in [2.05, 4.69) is 72.4 Å². The lowest BCUT2D eigenvalue weighted by Gasteiger charge is -2.33. The van der Waals surface area contributed by atoms with Gasteiger partial charge in [0.25, 0.3) is 5.92 Å². The molecule has 218 valence electrons. The fourth-order valence-corrected chi connectivity index (χ4v) is 6.57. The standard InChI is InChI=1S/C39H48F2/c1-12-29(18-17-28(7)37(8,9)10)33-24-30(38(11,40)41)19-20-32(33)34-23-27(6)36(31(34)13-2)35(14-3)39(25-26(4)5)21-15-16-22-39/h3,12,17-20,23-24,26,34H,2,7,15-16,21-22,25H2,1,4-6,8-11H3/b18-17-,29-12+,36-35+. The van der Waals surface area contributed by atoms with E-state index in [1.54, 1.807) is 12.1 Å². The highest BCUT2D eigenvalue weighted by Gasteiger charge is 2.42. The van der Waals surface area contributed by atoms with Gasteiger partial charge in [0.2, 0.25) is 0 Å². The van der Waals surface area contributed by atoms with Gasteiger partial charge < -0.3 is 0 Å². The van der Waals surface area contributed by atoms with Crippen LogP contribution in [0, 0.1) is 29.1 Å². The summed E-state index contributed by atoms with van der Waals surface area (Å²) in [5, 5.41) is 0. The van der Waals surface area contributed by atoms with Crippen molar-refractivity contribution < 1.29 is 8.78 Å². The minimum Gasteiger partial charge on any atom is -0.202 e. The van der Waals surface area contributed by atoms with Crippen molar-refractivity contribution in [2.24, 2.45) is 16.7 Å². The fraction of sp³-hybridized carbons (Fsp3) is 0.462. The molecule has 0 N–H and O–H groups in total. The highest BCUT2D eigenvalue weighted by molar-refractivity contribution is 5.79. The molecular formula is C39H48F2. The zero-order chi connectivity index (χ0) is 30.8. The molecule has 0 aromatic heterocycles. The van der Waals surface area contributed by atoms with E-state index in [-0.39, 0.29) is 22.3 Å². The molecule has 2 aliphatic rings. The Kier molecular flexibility index (Phi) is 9.78. The first kappa shape index (κ1) is 32.4. The molecule has 2 heteroatoms. The topological polar surface area (TPSA) is 0 Å². The molecule has 41 heavy (non-hydrogen) atoms. The van der Waals surface area contributed by atoms with Crippen LogP contribution >= 0.6 is 0 Å². The molecule has 1 unspecified atom stereocenters. The van der Waals surface area contributed by atoms with Crippen LogP contribution in [0.5, 0.6) is 0 Å². The minimum absolute atomic E-state index is 0.0107. The Morgan fingerprint density at radius 3 is 2.27 bits per heavy atom. The molecule has 1 aromatic rings. The molecule has 0 spiro atoms. The first-order valence-corrected chi connectivity index (χ1v) is 15.0. The van der Waals surface area contributed by atoms with Crippen molar-refractivity contribution in [3.8, 4) is 12.3 Å². The van der Waals surface area contributed by atoms with E-state index >= 15 is 0 Å². The van der Waals surface area contributed by atoms with Crippen molar-refractivity contribution in [3.05, 3.63) is 106 Å². The van der Waals surface area contributed by atoms with E-state index in [1.165, 1.54) is 12.8 Å². The molecule has 0 aliphatic heterocycles. The van der Waals surface area contributed by atoms with Crippen molar-refractivity contribution in [3.63, 3.8) is 0 Å². The number of benzene rings is 1. The second-order valence-electron chi connectivity index (χ2n) is 13.4.